The highest BCUT2D eigenvalue weighted by molar-refractivity contribution is 5.97. The minimum atomic E-state index is -1.05. The molecule has 1 unspecified atom stereocenters. The lowest BCUT2D eigenvalue weighted by atomic mass is 10.1. The van der Waals surface area contributed by atoms with Gasteiger partial charge in [-0.25, -0.2) is 4.79 Å². The zero-order valence-electron chi connectivity index (χ0n) is 10.9. The van der Waals surface area contributed by atoms with Gasteiger partial charge in [-0.1, -0.05) is 0 Å². The molecule has 6 heteroatoms. The molecule has 0 aromatic carbocycles. The van der Waals surface area contributed by atoms with Crippen LogP contribution in [0.2, 0.25) is 0 Å². The standard InChI is InChI=1S/C13H16N2O4/c1-8-3-4-10(9(2)14-8)12(16)15-5-6-19-7-11(15)13(17)18/h3-4,11H,5-7H2,1-2H3,(H,17,18). The number of hydrogen-bond acceptors (Lipinski definition) is 4. The molecular formula is C13H16N2O4. The van der Waals surface area contributed by atoms with Gasteiger partial charge in [0.2, 0.25) is 0 Å². The lowest BCUT2D eigenvalue weighted by molar-refractivity contribution is -0.147. The number of carbonyl (C=O) groups excluding carboxylic acids is 1. The Balaban J connectivity index is 2.28. The average Bonchev–Trinajstić information content (AvgIpc) is 2.38. The van der Waals surface area contributed by atoms with E-state index in [0.29, 0.717) is 17.9 Å². The number of nitrogens with zero attached hydrogens (tertiary/aromatic N) is 2. The molecule has 1 amide bonds. The van der Waals surface area contributed by atoms with Crippen molar-refractivity contribution in [1.29, 1.82) is 0 Å². The van der Waals surface area contributed by atoms with E-state index in [1.165, 1.54) is 4.90 Å². The minimum absolute atomic E-state index is 0.0272. The maximum atomic E-state index is 12.4. The van der Waals surface area contributed by atoms with Crippen LogP contribution in [-0.2, 0) is 9.53 Å². The predicted molar refractivity (Wildman–Crippen MR) is 67.0 cm³/mol. The van der Waals surface area contributed by atoms with Crippen molar-refractivity contribution in [1.82, 2.24) is 9.88 Å². The summed E-state index contributed by atoms with van der Waals surface area (Å²) in [5, 5.41) is 9.13. The van der Waals surface area contributed by atoms with Crippen LogP contribution in [0.5, 0.6) is 0 Å². The van der Waals surface area contributed by atoms with E-state index in [1.54, 1.807) is 19.1 Å². The van der Waals surface area contributed by atoms with Crippen molar-refractivity contribution in [2.75, 3.05) is 19.8 Å². The molecule has 1 atom stereocenters. The first kappa shape index (κ1) is 13.5. The summed E-state index contributed by atoms with van der Waals surface area (Å²) in [5.74, 6) is -1.36. The number of morpholine rings is 1. The Bertz CT molecular complexity index is 515. The minimum Gasteiger partial charge on any atom is -0.480 e. The number of carboxylic acid groups (broad SMARTS) is 1. The van der Waals surface area contributed by atoms with E-state index in [0.717, 1.165) is 5.69 Å². The molecule has 1 aromatic rings. The Hall–Kier alpha value is -1.95. The average molecular weight is 264 g/mol. The molecule has 0 spiro atoms. The Morgan fingerprint density at radius 3 is 2.79 bits per heavy atom. The second-order valence-electron chi connectivity index (χ2n) is 4.51. The van der Waals surface area contributed by atoms with Gasteiger partial charge in [0.15, 0.2) is 6.04 Å². The van der Waals surface area contributed by atoms with Crippen molar-refractivity contribution in [2.45, 2.75) is 19.9 Å². The summed E-state index contributed by atoms with van der Waals surface area (Å²) in [6, 6.07) is 2.51. The van der Waals surface area contributed by atoms with Gasteiger partial charge < -0.3 is 14.7 Å². The largest absolute Gasteiger partial charge is 0.480 e. The Morgan fingerprint density at radius 2 is 2.16 bits per heavy atom. The van der Waals surface area contributed by atoms with Crippen molar-refractivity contribution in [2.24, 2.45) is 0 Å². The fraction of sp³-hybridized carbons (Fsp3) is 0.462. The van der Waals surface area contributed by atoms with Crippen molar-refractivity contribution >= 4 is 11.9 Å². The molecule has 2 heterocycles. The first-order chi connectivity index (χ1) is 9.00. The molecule has 1 saturated heterocycles. The van der Waals surface area contributed by atoms with Gasteiger partial charge in [-0.05, 0) is 26.0 Å². The molecule has 1 fully saturated rings. The summed E-state index contributed by atoms with van der Waals surface area (Å²) in [5.41, 5.74) is 1.88. The van der Waals surface area contributed by atoms with Gasteiger partial charge in [0.1, 0.15) is 0 Å². The number of hydrogen-bond donors (Lipinski definition) is 1. The van der Waals surface area contributed by atoms with E-state index in [2.05, 4.69) is 4.98 Å². The monoisotopic (exact) mass is 264 g/mol. The van der Waals surface area contributed by atoms with Gasteiger partial charge in [-0.15, -0.1) is 0 Å². The van der Waals surface area contributed by atoms with Crippen LogP contribution in [0.15, 0.2) is 12.1 Å². The number of aryl methyl sites for hydroxylation is 2. The molecule has 102 valence electrons. The summed E-state index contributed by atoms with van der Waals surface area (Å²) < 4.78 is 5.12. The maximum absolute atomic E-state index is 12.4. The summed E-state index contributed by atoms with van der Waals surface area (Å²) in [6.45, 7) is 4.25. The van der Waals surface area contributed by atoms with Crippen LogP contribution >= 0.6 is 0 Å². The van der Waals surface area contributed by atoms with Crippen LogP contribution in [0.25, 0.3) is 0 Å². The number of aliphatic carboxylic acids is 1. The lowest BCUT2D eigenvalue weighted by Crippen LogP contribution is -2.52. The highest BCUT2D eigenvalue weighted by Gasteiger charge is 2.33. The van der Waals surface area contributed by atoms with Crippen LogP contribution in [0, 0.1) is 13.8 Å². The summed E-state index contributed by atoms with van der Waals surface area (Å²) in [6.07, 6.45) is 0. The normalized spacial score (nSPS) is 19.3. The first-order valence-corrected chi connectivity index (χ1v) is 6.06. The number of carbonyl (C=O) groups is 2. The lowest BCUT2D eigenvalue weighted by Gasteiger charge is -2.33. The fourth-order valence-corrected chi connectivity index (χ4v) is 2.12. The molecular weight excluding hydrogens is 248 g/mol. The zero-order chi connectivity index (χ0) is 14.0. The van der Waals surface area contributed by atoms with E-state index in [9.17, 15) is 9.59 Å². The molecule has 1 aromatic heterocycles. The van der Waals surface area contributed by atoms with Gasteiger partial charge in [-0.3, -0.25) is 9.78 Å². The predicted octanol–water partition coefficient (Wildman–Crippen LogP) is 0.624. The molecule has 19 heavy (non-hydrogen) atoms. The van der Waals surface area contributed by atoms with Gasteiger partial charge in [0.05, 0.1) is 24.5 Å². The third kappa shape index (κ3) is 2.73. The molecule has 0 bridgehead atoms. The third-order valence-electron chi connectivity index (χ3n) is 3.13. The van der Waals surface area contributed by atoms with Crippen molar-refractivity contribution in [3.63, 3.8) is 0 Å². The SMILES string of the molecule is Cc1ccc(C(=O)N2CCOCC2C(=O)O)c(C)n1. The Labute approximate surface area is 111 Å². The number of pyridine rings is 1. The van der Waals surface area contributed by atoms with Gasteiger partial charge >= 0.3 is 5.97 Å². The molecule has 1 aliphatic heterocycles. The molecule has 2 rings (SSSR count). The highest BCUT2D eigenvalue weighted by atomic mass is 16.5. The highest BCUT2D eigenvalue weighted by Crippen LogP contribution is 2.15. The van der Waals surface area contributed by atoms with E-state index < -0.39 is 12.0 Å². The molecule has 0 aliphatic carbocycles. The molecule has 0 radical (unpaired) electrons. The van der Waals surface area contributed by atoms with Crippen molar-refractivity contribution in [3.8, 4) is 0 Å². The van der Waals surface area contributed by atoms with E-state index in [4.69, 9.17) is 9.84 Å². The smallest absolute Gasteiger partial charge is 0.328 e. The van der Waals surface area contributed by atoms with Crippen LogP contribution in [0.4, 0.5) is 0 Å². The molecule has 1 aliphatic rings. The van der Waals surface area contributed by atoms with E-state index in [1.807, 2.05) is 6.92 Å². The summed E-state index contributed by atoms with van der Waals surface area (Å²) >= 11 is 0. The van der Waals surface area contributed by atoms with Crippen LogP contribution in [0.3, 0.4) is 0 Å². The molecule has 1 N–H and O–H groups in total. The Kier molecular flexibility index (Phi) is 3.80. The number of amides is 1. The molecule has 6 nitrogen and oxygen atoms in total. The molecule has 0 saturated carbocycles. The van der Waals surface area contributed by atoms with Gasteiger partial charge in [0, 0.05) is 12.2 Å². The topological polar surface area (TPSA) is 79.7 Å². The Morgan fingerprint density at radius 1 is 1.42 bits per heavy atom. The number of rotatable bonds is 2. The van der Waals surface area contributed by atoms with Gasteiger partial charge in [-0.2, -0.15) is 0 Å². The van der Waals surface area contributed by atoms with Crippen molar-refractivity contribution in [3.05, 3.63) is 29.1 Å². The number of aromatic nitrogens is 1. The second-order valence-corrected chi connectivity index (χ2v) is 4.51. The maximum Gasteiger partial charge on any atom is 0.328 e. The summed E-state index contributed by atoms with van der Waals surface area (Å²) in [4.78, 5) is 29.1. The first-order valence-electron chi connectivity index (χ1n) is 6.06. The van der Waals surface area contributed by atoms with Gasteiger partial charge in [0.25, 0.3) is 5.91 Å². The quantitative estimate of drug-likeness (QED) is 0.847. The number of ether oxygens (including phenoxy) is 1. The fourth-order valence-electron chi connectivity index (χ4n) is 2.12. The van der Waals surface area contributed by atoms with Crippen LogP contribution in [0.1, 0.15) is 21.7 Å². The summed E-state index contributed by atoms with van der Waals surface area (Å²) in [7, 11) is 0. The van der Waals surface area contributed by atoms with Crippen LogP contribution < -0.4 is 0 Å². The van der Waals surface area contributed by atoms with Crippen molar-refractivity contribution < 1.29 is 19.4 Å². The van der Waals surface area contributed by atoms with E-state index in [-0.39, 0.29) is 19.1 Å². The zero-order valence-corrected chi connectivity index (χ0v) is 10.9. The van der Waals surface area contributed by atoms with E-state index >= 15 is 0 Å². The second kappa shape index (κ2) is 5.36. The third-order valence-corrected chi connectivity index (χ3v) is 3.13. The van der Waals surface area contributed by atoms with Crippen LogP contribution in [-0.4, -0.2) is 52.7 Å². The number of carboxylic acids is 1.